The van der Waals surface area contributed by atoms with Crippen LogP contribution in [-0.2, 0) is 32.4 Å². The lowest BCUT2D eigenvalue weighted by molar-refractivity contribution is -0.139. The Morgan fingerprint density at radius 2 is 1.15 bits per heavy atom. The molecular formula is C48H66N12O4S. The van der Waals surface area contributed by atoms with Crippen molar-refractivity contribution in [3.8, 4) is 0 Å². The summed E-state index contributed by atoms with van der Waals surface area (Å²) >= 11 is 1.62. The lowest BCUT2D eigenvalue weighted by Crippen LogP contribution is -2.46. The van der Waals surface area contributed by atoms with Crippen LogP contribution in [0.4, 0.5) is 11.6 Å². The molecule has 8 rings (SSSR count). The summed E-state index contributed by atoms with van der Waals surface area (Å²) in [6.07, 6.45) is 12.5. The highest BCUT2D eigenvalue weighted by atomic mass is 32.1. The number of nitrogens with two attached hydrogens (primary N) is 2. The van der Waals surface area contributed by atoms with Gasteiger partial charge < -0.3 is 30.9 Å². The standard InChI is InChI=1S/C25H34N6O2.C23H32N6O2S/c1-2-33-29-24(22-5-3-4-11-27-22)20-9-15-31(16-10-20)25(32)21-7-13-30(14-8-21)18-19-6-12-28-23(26)17-19;1-16-26-20(15-32-16)22(27-31-2)18-6-11-29(12-7-18)23(30)19-4-9-28(10-5-19)14-17-3-8-25-21(24)13-17/h3-6,11-12,17,20-21H,2,7-10,13-16,18H2,1H3,(H2,26,28);3,8,13,15,18-19H,4-7,9-12,14H2,1-2H3,(H2,24,25)/b29-24+;27-22+. The van der Waals surface area contributed by atoms with Crippen LogP contribution < -0.4 is 11.5 Å². The number of hydrogen-bond donors (Lipinski definition) is 2. The number of piperidine rings is 4. The first-order valence-corrected chi connectivity index (χ1v) is 24.1. The number of aryl methyl sites for hydroxylation is 1. The van der Waals surface area contributed by atoms with Crippen molar-refractivity contribution in [2.75, 3.05) is 77.5 Å². The normalized spacial score (nSPS) is 19.1. The molecule has 0 saturated carbocycles. The molecule has 8 heterocycles. The van der Waals surface area contributed by atoms with Crippen molar-refractivity contribution < 1.29 is 19.3 Å². The van der Waals surface area contributed by atoms with Gasteiger partial charge in [-0.15, -0.1) is 11.3 Å². The van der Waals surface area contributed by atoms with E-state index < -0.39 is 0 Å². The largest absolute Gasteiger partial charge is 0.399 e. The maximum absolute atomic E-state index is 13.2. The molecule has 4 aromatic rings. The molecule has 0 aromatic carbocycles. The van der Waals surface area contributed by atoms with Crippen molar-refractivity contribution in [3.05, 3.63) is 94.0 Å². The van der Waals surface area contributed by atoms with E-state index in [2.05, 4.69) is 49.8 Å². The van der Waals surface area contributed by atoms with Gasteiger partial charge in [-0.1, -0.05) is 16.4 Å². The summed E-state index contributed by atoms with van der Waals surface area (Å²) < 4.78 is 0. The number of pyridine rings is 3. The number of aromatic nitrogens is 4. The van der Waals surface area contributed by atoms with Crippen LogP contribution >= 0.6 is 11.3 Å². The van der Waals surface area contributed by atoms with Crippen LogP contribution in [-0.4, -0.2) is 129 Å². The minimum Gasteiger partial charge on any atom is -0.399 e. The molecule has 65 heavy (non-hydrogen) atoms. The van der Waals surface area contributed by atoms with Gasteiger partial charge in [0, 0.05) is 86.9 Å². The Balaban J connectivity index is 0.000000194. The average molecular weight is 907 g/mol. The molecule has 4 fully saturated rings. The summed E-state index contributed by atoms with van der Waals surface area (Å²) in [5.74, 6) is 2.50. The van der Waals surface area contributed by atoms with E-state index in [1.54, 1.807) is 37.0 Å². The maximum atomic E-state index is 13.2. The summed E-state index contributed by atoms with van der Waals surface area (Å²) in [5.41, 5.74) is 17.5. The van der Waals surface area contributed by atoms with Crippen molar-refractivity contribution in [1.82, 2.24) is 39.5 Å². The first kappa shape index (κ1) is 47.4. The molecule has 4 N–H and O–H groups in total. The fraction of sp³-hybridized carbons (Fsp3) is 0.542. The quantitative estimate of drug-likeness (QED) is 0.120. The second-order valence-electron chi connectivity index (χ2n) is 17.5. The summed E-state index contributed by atoms with van der Waals surface area (Å²) in [7, 11) is 1.58. The molecule has 2 amide bonds. The maximum Gasteiger partial charge on any atom is 0.225 e. The Labute approximate surface area is 387 Å². The second-order valence-corrected chi connectivity index (χ2v) is 18.6. The van der Waals surface area contributed by atoms with Crippen LogP contribution in [0.15, 0.2) is 76.7 Å². The highest BCUT2D eigenvalue weighted by molar-refractivity contribution is 7.09. The molecular weight excluding hydrogens is 841 g/mol. The molecule has 0 spiro atoms. The van der Waals surface area contributed by atoms with Crippen LogP contribution in [0, 0.1) is 30.6 Å². The van der Waals surface area contributed by atoms with Crippen LogP contribution in [0.25, 0.3) is 0 Å². The van der Waals surface area contributed by atoms with E-state index in [-0.39, 0.29) is 23.7 Å². The first-order valence-electron chi connectivity index (χ1n) is 23.2. The average Bonchev–Trinajstić information content (AvgIpc) is 3.77. The minimum absolute atomic E-state index is 0.118. The molecule has 0 bridgehead atoms. The van der Waals surface area contributed by atoms with E-state index in [0.717, 1.165) is 145 Å². The molecule has 4 saturated heterocycles. The van der Waals surface area contributed by atoms with E-state index in [1.165, 1.54) is 11.1 Å². The summed E-state index contributed by atoms with van der Waals surface area (Å²) in [6, 6.07) is 13.7. The zero-order chi connectivity index (χ0) is 45.5. The second kappa shape index (κ2) is 23.6. The zero-order valence-corrected chi connectivity index (χ0v) is 39.1. The number of nitrogen functional groups attached to an aromatic ring is 2. The zero-order valence-electron chi connectivity index (χ0n) is 38.3. The van der Waals surface area contributed by atoms with Crippen molar-refractivity contribution in [2.24, 2.45) is 34.0 Å². The third kappa shape index (κ3) is 13.3. The van der Waals surface area contributed by atoms with Crippen LogP contribution in [0.1, 0.15) is 85.8 Å². The smallest absolute Gasteiger partial charge is 0.225 e. The van der Waals surface area contributed by atoms with Gasteiger partial charge in [0.05, 0.1) is 16.4 Å². The number of carbonyl (C=O) groups is 2. The number of oxime groups is 2. The van der Waals surface area contributed by atoms with Crippen molar-refractivity contribution in [3.63, 3.8) is 0 Å². The number of amides is 2. The third-order valence-corrected chi connectivity index (χ3v) is 13.8. The number of carbonyl (C=O) groups excluding carboxylic acids is 2. The predicted molar refractivity (Wildman–Crippen MR) is 255 cm³/mol. The Morgan fingerprint density at radius 3 is 1.57 bits per heavy atom. The molecule has 4 aromatic heterocycles. The lowest BCUT2D eigenvalue weighted by Gasteiger charge is -2.37. The van der Waals surface area contributed by atoms with E-state index in [1.807, 2.05) is 61.7 Å². The molecule has 4 aliphatic rings. The van der Waals surface area contributed by atoms with Crippen LogP contribution in [0.5, 0.6) is 0 Å². The number of thiazole rings is 1. The number of rotatable bonds is 13. The Bertz CT molecular complexity index is 2190. The molecule has 0 radical (unpaired) electrons. The summed E-state index contributed by atoms with van der Waals surface area (Å²) in [6.45, 7) is 13.0. The minimum atomic E-state index is 0.118. The van der Waals surface area contributed by atoms with Gasteiger partial charge in [-0.3, -0.25) is 24.4 Å². The fourth-order valence-corrected chi connectivity index (χ4v) is 10.1. The highest BCUT2D eigenvalue weighted by Gasteiger charge is 2.35. The topological polar surface area (TPSA) is 194 Å². The predicted octanol–water partition coefficient (Wildman–Crippen LogP) is 5.88. The van der Waals surface area contributed by atoms with Gasteiger partial charge in [0.1, 0.15) is 36.8 Å². The number of hydrogen-bond acceptors (Lipinski definition) is 15. The Kier molecular flexibility index (Phi) is 17.2. The third-order valence-electron chi connectivity index (χ3n) is 13.1. The van der Waals surface area contributed by atoms with E-state index >= 15 is 0 Å². The Hall–Kier alpha value is -5.52. The first-order chi connectivity index (χ1) is 31.7. The molecule has 348 valence electrons. The molecule has 0 atom stereocenters. The SMILES string of the molecule is CCO/N=C(/c1ccccn1)C1CCN(C(=O)C2CCN(Cc3ccnc(N)c3)CC2)CC1.CO/N=C(/c1csc(C)n1)C1CCN(C(=O)C2CCN(Cc3ccnc(N)c3)CC2)CC1. The van der Waals surface area contributed by atoms with E-state index in [4.69, 9.17) is 21.1 Å². The monoisotopic (exact) mass is 907 g/mol. The lowest BCUT2D eigenvalue weighted by atomic mass is 9.88. The van der Waals surface area contributed by atoms with Crippen LogP contribution in [0.2, 0.25) is 0 Å². The van der Waals surface area contributed by atoms with Gasteiger partial charge in [-0.25, -0.2) is 15.0 Å². The van der Waals surface area contributed by atoms with Gasteiger partial charge in [-0.05, 0) is 139 Å². The highest BCUT2D eigenvalue weighted by Crippen LogP contribution is 2.29. The van der Waals surface area contributed by atoms with Gasteiger partial charge in [0.25, 0.3) is 0 Å². The molecule has 4 aliphatic heterocycles. The van der Waals surface area contributed by atoms with Gasteiger partial charge in [0.2, 0.25) is 11.8 Å². The van der Waals surface area contributed by atoms with Gasteiger partial charge in [0.15, 0.2) is 0 Å². The number of nitrogens with zero attached hydrogens (tertiary/aromatic N) is 10. The molecule has 0 aliphatic carbocycles. The number of likely N-dealkylation sites (tertiary alicyclic amines) is 4. The molecule has 0 unspecified atom stereocenters. The Morgan fingerprint density at radius 1 is 0.662 bits per heavy atom. The fourth-order valence-electron chi connectivity index (χ4n) is 9.53. The van der Waals surface area contributed by atoms with Crippen LogP contribution in [0.3, 0.4) is 0 Å². The molecule has 16 nitrogen and oxygen atoms in total. The summed E-state index contributed by atoms with van der Waals surface area (Å²) in [5, 5.41) is 11.7. The van der Waals surface area contributed by atoms with E-state index in [9.17, 15) is 9.59 Å². The van der Waals surface area contributed by atoms with Crippen molar-refractivity contribution >= 4 is 46.2 Å². The van der Waals surface area contributed by atoms with Gasteiger partial charge >= 0.3 is 0 Å². The van der Waals surface area contributed by atoms with Gasteiger partial charge in [-0.2, -0.15) is 0 Å². The van der Waals surface area contributed by atoms with Crippen molar-refractivity contribution in [1.29, 1.82) is 0 Å². The molecule has 17 heteroatoms. The van der Waals surface area contributed by atoms with E-state index in [0.29, 0.717) is 30.1 Å². The van der Waals surface area contributed by atoms with Crippen molar-refractivity contribution in [2.45, 2.75) is 78.3 Å². The summed E-state index contributed by atoms with van der Waals surface area (Å²) in [4.78, 5) is 62.9. The number of anilines is 2.